The highest BCUT2D eigenvalue weighted by Gasteiger charge is 2.04. The topological polar surface area (TPSA) is 48.4 Å². The Labute approximate surface area is 82.9 Å². The van der Waals surface area contributed by atoms with Crippen LogP contribution >= 0.6 is 0 Å². The van der Waals surface area contributed by atoms with E-state index in [1.165, 1.54) is 0 Å². The van der Waals surface area contributed by atoms with Crippen LogP contribution in [0, 0.1) is 0 Å². The van der Waals surface area contributed by atoms with Crippen molar-refractivity contribution in [3.05, 3.63) is 24.0 Å². The summed E-state index contributed by atoms with van der Waals surface area (Å²) in [4.78, 5) is 15.1. The first-order valence-corrected chi connectivity index (χ1v) is 4.40. The van der Waals surface area contributed by atoms with Crippen LogP contribution in [0.5, 0.6) is 5.75 Å². The normalized spacial score (nSPS) is 9.57. The largest absolute Gasteiger partial charge is 0.495 e. The van der Waals surface area contributed by atoms with Crippen LogP contribution in [0.4, 0.5) is 0 Å². The second kappa shape index (κ2) is 5.21. The van der Waals surface area contributed by atoms with Crippen LogP contribution in [0.15, 0.2) is 18.3 Å². The van der Waals surface area contributed by atoms with Gasteiger partial charge in [0.05, 0.1) is 32.0 Å². The van der Waals surface area contributed by atoms with E-state index in [1.807, 2.05) is 0 Å². The molecule has 0 aromatic carbocycles. The molecule has 1 rings (SSSR count). The second-order valence-corrected chi connectivity index (χ2v) is 2.67. The molecule has 0 bridgehead atoms. The average molecular weight is 195 g/mol. The smallest absolute Gasteiger partial charge is 0.311 e. The number of pyridine rings is 1. The van der Waals surface area contributed by atoms with Crippen LogP contribution in [0.3, 0.4) is 0 Å². The molecule has 0 aliphatic carbocycles. The van der Waals surface area contributed by atoms with Gasteiger partial charge in [0.15, 0.2) is 0 Å². The van der Waals surface area contributed by atoms with E-state index in [9.17, 15) is 4.79 Å². The lowest BCUT2D eigenvalue weighted by Crippen LogP contribution is -2.08. The zero-order valence-electron chi connectivity index (χ0n) is 8.32. The predicted molar refractivity (Wildman–Crippen MR) is 51.1 cm³/mol. The van der Waals surface area contributed by atoms with E-state index in [-0.39, 0.29) is 12.4 Å². The molecule has 1 aromatic rings. The SMILES string of the molecule is CCOC(=O)Cc1ccc(OC)cn1. The molecule has 1 aromatic heterocycles. The number of nitrogens with zero attached hydrogens (tertiary/aromatic N) is 1. The van der Waals surface area contributed by atoms with Crippen molar-refractivity contribution in [2.24, 2.45) is 0 Å². The van der Waals surface area contributed by atoms with Crippen molar-refractivity contribution in [2.75, 3.05) is 13.7 Å². The number of methoxy groups -OCH3 is 1. The van der Waals surface area contributed by atoms with E-state index in [0.717, 1.165) is 0 Å². The van der Waals surface area contributed by atoms with Crippen molar-refractivity contribution in [3.63, 3.8) is 0 Å². The highest BCUT2D eigenvalue weighted by molar-refractivity contribution is 5.71. The molecule has 0 fully saturated rings. The summed E-state index contributed by atoms with van der Waals surface area (Å²) in [7, 11) is 1.57. The molecule has 1 heterocycles. The number of hydrogen-bond acceptors (Lipinski definition) is 4. The van der Waals surface area contributed by atoms with Gasteiger partial charge in [0.25, 0.3) is 0 Å². The zero-order valence-corrected chi connectivity index (χ0v) is 8.32. The summed E-state index contributed by atoms with van der Waals surface area (Å²) in [6.07, 6.45) is 1.78. The lowest BCUT2D eigenvalue weighted by atomic mass is 10.3. The summed E-state index contributed by atoms with van der Waals surface area (Å²) in [5.74, 6) is 0.419. The lowest BCUT2D eigenvalue weighted by molar-refractivity contribution is -0.142. The van der Waals surface area contributed by atoms with Gasteiger partial charge < -0.3 is 9.47 Å². The fourth-order valence-electron chi connectivity index (χ4n) is 0.996. The van der Waals surface area contributed by atoms with Crippen molar-refractivity contribution >= 4 is 5.97 Å². The number of rotatable bonds is 4. The molecule has 4 heteroatoms. The van der Waals surface area contributed by atoms with Gasteiger partial charge in [-0.25, -0.2) is 0 Å². The van der Waals surface area contributed by atoms with Gasteiger partial charge >= 0.3 is 5.97 Å². The van der Waals surface area contributed by atoms with Crippen molar-refractivity contribution in [1.29, 1.82) is 0 Å². The minimum atomic E-state index is -0.259. The van der Waals surface area contributed by atoms with Crippen molar-refractivity contribution in [2.45, 2.75) is 13.3 Å². The second-order valence-electron chi connectivity index (χ2n) is 2.67. The van der Waals surface area contributed by atoms with Gasteiger partial charge in [-0.1, -0.05) is 0 Å². The molecule has 0 saturated heterocycles. The summed E-state index contributed by atoms with van der Waals surface area (Å²) < 4.78 is 9.74. The summed E-state index contributed by atoms with van der Waals surface area (Å²) in [6.45, 7) is 2.17. The van der Waals surface area contributed by atoms with Gasteiger partial charge in [-0.2, -0.15) is 0 Å². The predicted octanol–water partition coefficient (Wildman–Crippen LogP) is 1.20. The number of carbonyl (C=O) groups excluding carboxylic acids is 1. The third kappa shape index (κ3) is 3.05. The maximum atomic E-state index is 11.1. The number of ether oxygens (including phenoxy) is 2. The highest BCUT2D eigenvalue weighted by Crippen LogP contribution is 2.08. The Balaban J connectivity index is 2.55. The molecular formula is C10H13NO3. The Morgan fingerprint density at radius 3 is 2.79 bits per heavy atom. The van der Waals surface area contributed by atoms with Gasteiger partial charge in [-0.05, 0) is 19.1 Å². The number of aromatic nitrogens is 1. The van der Waals surface area contributed by atoms with Crippen molar-refractivity contribution in [1.82, 2.24) is 4.98 Å². The van der Waals surface area contributed by atoms with Gasteiger partial charge in [0.2, 0.25) is 0 Å². The zero-order chi connectivity index (χ0) is 10.4. The molecule has 0 N–H and O–H groups in total. The quantitative estimate of drug-likeness (QED) is 0.677. The van der Waals surface area contributed by atoms with E-state index in [1.54, 1.807) is 32.4 Å². The summed E-state index contributed by atoms with van der Waals surface area (Å²) in [6, 6.07) is 3.51. The Bertz CT molecular complexity index is 295. The van der Waals surface area contributed by atoms with E-state index in [0.29, 0.717) is 18.1 Å². The van der Waals surface area contributed by atoms with Crippen LogP contribution in [-0.2, 0) is 16.0 Å². The van der Waals surface area contributed by atoms with E-state index >= 15 is 0 Å². The van der Waals surface area contributed by atoms with Gasteiger partial charge in [-0.15, -0.1) is 0 Å². The molecule has 4 nitrogen and oxygen atoms in total. The molecule has 76 valence electrons. The number of hydrogen-bond donors (Lipinski definition) is 0. The Kier molecular flexibility index (Phi) is 3.91. The summed E-state index contributed by atoms with van der Waals surface area (Å²) >= 11 is 0. The fraction of sp³-hybridized carbons (Fsp3) is 0.400. The van der Waals surface area contributed by atoms with Gasteiger partial charge in [0.1, 0.15) is 5.75 Å². The minimum absolute atomic E-state index is 0.206. The fourth-order valence-corrected chi connectivity index (χ4v) is 0.996. The standard InChI is InChI=1S/C10H13NO3/c1-3-14-10(12)6-8-4-5-9(13-2)7-11-8/h4-5,7H,3,6H2,1-2H3. The molecule has 0 amide bonds. The monoisotopic (exact) mass is 195 g/mol. The first kappa shape index (κ1) is 10.5. The maximum absolute atomic E-state index is 11.1. The molecule has 0 spiro atoms. The van der Waals surface area contributed by atoms with Crippen LogP contribution in [-0.4, -0.2) is 24.7 Å². The minimum Gasteiger partial charge on any atom is -0.495 e. The van der Waals surface area contributed by atoms with Crippen molar-refractivity contribution < 1.29 is 14.3 Å². The molecule has 0 radical (unpaired) electrons. The summed E-state index contributed by atoms with van der Waals surface area (Å²) in [5, 5.41) is 0. The molecule has 0 atom stereocenters. The molecule has 0 aliphatic rings. The number of esters is 1. The third-order valence-corrected chi connectivity index (χ3v) is 1.66. The van der Waals surface area contributed by atoms with E-state index < -0.39 is 0 Å². The first-order valence-electron chi connectivity index (χ1n) is 4.40. The molecular weight excluding hydrogens is 182 g/mol. The van der Waals surface area contributed by atoms with E-state index in [4.69, 9.17) is 9.47 Å². The molecule has 14 heavy (non-hydrogen) atoms. The number of carbonyl (C=O) groups is 1. The maximum Gasteiger partial charge on any atom is 0.311 e. The Hall–Kier alpha value is -1.58. The van der Waals surface area contributed by atoms with Gasteiger partial charge in [-0.3, -0.25) is 9.78 Å². The van der Waals surface area contributed by atoms with Crippen LogP contribution in [0.2, 0.25) is 0 Å². The van der Waals surface area contributed by atoms with Crippen molar-refractivity contribution in [3.8, 4) is 5.75 Å². The highest BCUT2D eigenvalue weighted by atomic mass is 16.5. The molecule has 0 saturated carbocycles. The average Bonchev–Trinajstić information content (AvgIpc) is 2.19. The summed E-state index contributed by atoms with van der Waals surface area (Å²) in [5.41, 5.74) is 0.684. The lowest BCUT2D eigenvalue weighted by Gasteiger charge is -2.02. The van der Waals surface area contributed by atoms with E-state index in [2.05, 4.69) is 4.98 Å². The van der Waals surface area contributed by atoms with Crippen LogP contribution < -0.4 is 4.74 Å². The van der Waals surface area contributed by atoms with Crippen LogP contribution in [0.1, 0.15) is 12.6 Å². The Morgan fingerprint density at radius 1 is 1.50 bits per heavy atom. The molecule has 0 aliphatic heterocycles. The Morgan fingerprint density at radius 2 is 2.29 bits per heavy atom. The third-order valence-electron chi connectivity index (χ3n) is 1.66. The van der Waals surface area contributed by atoms with Crippen LogP contribution in [0.25, 0.3) is 0 Å². The molecule has 0 unspecified atom stereocenters. The van der Waals surface area contributed by atoms with Gasteiger partial charge in [0, 0.05) is 0 Å². The first-order chi connectivity index (χ1) is 6.76.